The monoisotopic (exact) mass is 440 g/mol. The Hall–Kier alpha value is -3.23. The summed E-state index contributed by atoms with van der Waals surface area (Å²) in [5.74, 6) is -0.701. The topological polar surface area (TPSA) is 74.0 Å². The number of benzene rings is 2. The Kier molecular flexibility index (Phi) is 5.40. The van der Waals surface area contributed by atoms with E-state index in [9.17, 15) is 15.2 Å². The minimum Gasteiger partial charge on any atom is -0.481 e. The van der Waals surface area contributed by atoms with E-state index in [2.05, 4.69) is 17.1 Å². The molecule has 1 aliphatic carbocycles. The number of carboxylic acids is 1. The lowest BCUT2D eigenvalue weighted by molar-refractivity contribution is -0.142. The van der Waals surface area contributed by atoms with Gasteiger partial charge in [-0.2, -0.15) is 5.26 Å². The molecule has 160 valence electrons. The Bertz CT molecular complexity index is 1360. The van der Waals surface area contributed by atoms with Crippen molar-refractivity contribution in [3.8, 4) is 17.2 Å². The minimum absolute atomic E-state index is 0.0259. The molecule has 1 N–H and O–H groups in total. The number of fused-ring (bicyclic) bond motifs is 2. The lowest BCUT2D eigenvalue weighted by Gasteiger charge is -2.26. The van der Waals surface area contributed by atoms with E-state index in [1.54, 1.807) is 11.3 Å². The third-order valence-corrected chi connectivity index (χ3v) is 8.23. The fraction of sp³-hybridized carbons (Fsp3) is 0.296. The zero-order chi connectivity index (χ0) is 22.2. The van der Waals surface area contributed by atoms with Crippen LogP contribution in [0, 0.1) is 23.2 Å². The summed E-state index contributed by atoms with van der Waals surface area (Å²) in [6.07, 6.45) is 8.33. The van der Waals surface area contributed by atoms with Gasteiger partial charge in [0.1, 0.15) is 0 Å². The molecule has 2 aromatic heterocycles. The summed E-state index contributed by atoms with van der Waals surface area (Å²) in [5, 5.41) is 22.4. The molecule has 5 rings (SSSR count). The van der Waals surface area contributed by atoms with E-state index in [-0.39, 0.29) is 5.92 Å². The summed E-state index contributed by atoms with van der Waals surface area (Å²) in [5.41, 5.74) is 2.75. The number of aromatic nitrogens is 1. The van der Waals surface area contributed by atoms with Crippen LogP contribution in [-0.4, -0.2) is 16.1 Å². The summed E-state index contributed by atoms with van der Waals surface area (Å²) in [4.78, 5) is 17.6. The minimum atomic E-state index is -0.726. The third kappa shape index (κ3) is 3.45. The molecule has 5 heteroatoms. The average molecular weight is 441 g/mol. The standard InChI is InChI=1S/C27H24N2O2S/c1-16(27(30)31)25(17-6-2-3-7-17)24-12-19-14-29-15-23(26(19)32-24)22-11-10-18(13-28)20-8-4-5-9-21(20)22/h4-5,8-12,14-17,25H,2-3,6-7H2,1H3,(H,30,31)/t16-,25?/m0/s1. The number of aliphatic carboxylic acids is 1. The number of hydrogen-bond acceptors (Lipinski definition) is 4. The van der Waals surface area contributed by atoms with Gasteiger partial charge in [0, 0.05) is 44.2 Å². The van der Waals surface area contributed by atoms with Crippen molar-refractivity contribution in [3.63, 3.8) is 0 Å². The lowest BCUT2D eigenvalue weighted by atomic mass is 9.80. The summed E-state index contributed by atoms with van der Waals surface area (Å²) in [7, 11) is 0. The van der Waals surface area contributed by atoms with Crippen LogP contribution in [0.2, 0.25) is 0 Å². The molecule has 4 nitrogen and oxygen atoms in total. The highest BCUT2D eigenvalue weighted by Crippen LogP contribution is 2.47. The van der Waals surface area contributed by atoms with E-state index < -0.39 is 11.9 Å². The molecule has 1 saturated carbocycles. The largest absolute Gasteiger partial charge is 0.481 e. The first-order valence-corrected chi connectivity index (χ1v) is 11.9. The second-order valence-corrected chi connectivity index (χ2v) is 9.85. The average Bonchev–Trinajstić information content (AvgIpc) is 3.48. The zero-order valence-corrected chi connectivity index (χ0v) is 18.7. The van der Waals surface area contributed by atoms with Crippen LogP contribution in [0.5, 0.6) is 0 Å². The van der Waals surface area contributed by atoms with Crippen LogP contribution in [0.3, 0.4) is 0 Å². The number of rotatable bonds is 5. The molecule has 1 unspecified atom stereocenters. The Labute approximate surface area is 191 Å². The van der Waals surface area contributed by atoms with Gasteiger partial charge in [-0.05, 0) is 41.8 Å². The maximum Gasteiger partial charge on any atom is 0.306 e. The predicted octanol–water partition coefficient (Wildman–Crippen LogP) is 6.98. The Balaban J connectivity index is 1.69. The molecule has 32 heavy (non-hydrogen) atoms. The molecule has 4 aromatic rings. The van der Waals surface area contributed by atoms with Crippen LogP contribution in [0.4, 0.5) is 0 Å². The molecule has 1 fully saturated rings. The first-order valence-electron chi connectivity index (χ1n) is 11.1. The van der Waals surface area contributed by atoms with E-state index in [1.165, 1.54) is 12.8 Å². The van der Waals surface area contributed by atoms with Crippen LogP contribution < -0.4 is 0 Å². The Morgan fingerprint density at radius 3 is 2.59 bits per heavy atom. The molecule has 0 radical (unpaired) electrons. The number of carbonyl (C=O) groups is 1. The normalized spacial score (nSPS) is 16.2. The van der Waals surface area contributed by atoms with Crippen LogP contribution in [-0.2, 0) is 4.79 Å². The fourth-order valence-electron chi connectivity index (χ4n) is 5.33. The molecule has 0 aliphatic heterocycles. The highest BCUT2D eigenvalue weighted by atomic mass is 32.1. The zero-order valence-electron chi connectivity index (χ0n) is 17.9. The van der Waals surface area contributed by atoms with Crippen molar-refractivity contribution in [2.24, 2.45) is 11.8 Å². The number of pyridine rings is 1. The van der Waals surface area contributed by atoms with Gasteiger partial charge in [0.05, 0.1) is 17.6 Å². The molecular weight excluding hydrogens is 416 g/mol. The number of thiophene rings is 1. The second-order valence-electron chi connectivity index (χ2n) is 8.77. The second kappa shape index (κ2) is 8.37. The van der Waals surface area contributed by atoms with Gasteiger partial charge in [-0.15, -0.1) is 11.3 Å². The Morgan fingerprint density at radius 2 is 1.88 bits per heavy atom. The highest BCUT2D eigenvalue weighted by molar-refractivity contribution is 7.19. The molecule has 0 saturated heterocycles. The highest BCUT2D eigenvalue weighted by Gasteiger charge is 2.35. The van der Waals surface area contributed by atoms with Crippen molar-refractivity contribution >= 4 is 38.2 Å². The van der Waals surface area contributed by atoms with Crippen molar-refractivity contribution in [2.75, 3.05) is 0 Å². The fourth-order valence-corrected chi connectivity index (χ4v) is 6.78. The van der Waals surface area contributed by atoms with Crippen LogP contribution in [0.1, 0.15) is 49.0 Å². The van der Waals surface area contributed by atoms with Crippen molar-refractivity contribution < 1.29 is 9.90 Å². The van der Waals surface area contributed by atoms with Gasteiger partial charge >= 0.3 is 5.97 Å². The van der Waals surface area contributed by atoms with Gasteiger partial charge in [0.25, 0.3) is 0 Å². The third-order valence-electron chi connectivity index (χ3n) is 6.94. The smallest absolute Gasteiger partial charge is 0.306 e. The maximum absolute atomic E-state index is 11.9. The molecule has 0 amide bonds. The summed E-state index contributed by atoms with van der Waals surface area (Å²) in [6, 6.07) is 16.3. The van der Waals surface area contributed by atoms with E-state index in [0.717, 1.165) is 49.7 Å². The van der Waals surface area contributed by atoms with Crippen LogP contribution >= 0.6 is 11.3 Å². The summed E-state index contributed by atoms with van der Waals surface area (Å²) in [6.45, 7) is 1.85. The molecule has 2 heterocycles. The lowest BCUT2D eigenvalue weighted by Crippen LogP contribution is -2.23. The number of carboxylic acid groups (broad SMARTS) is 1. The van der Waals surface area contributed by atoms with Crippen molar-refractivity contribution in [2.45, 2.75) is 38.5 Å². The molecule has 2 aromatic carbocycles. The Morgan fingerprint density at radius 1 is 1.12 bits per heavy atom. The van der Waals surface area contributed by atoms with Crippen molar-refractivity contribution in [1.29, 1.82) is 5.26 Å². The van der Waals surface area contributed by atoms with E-state index in [4.69, 9.17) is 0 Å². The van der Waals surface area contributed by atoms with Gasteiger partial charge in [-0.25, -0.2) is 0 Å². The first-order chi connectivity index (χ1) is 15.6. The summed E-state index contributed by atoms with van der Waals surface area (Å²) < 4.78 is 1.13. The van der Waals surface area contributed by atoms with Crippen molar-refractivity contribution in [3.05, 3.63) is 65.3 Å². The molecule has 0 spiro atoms. The number of nitrogens with zero attached hydrogens (tertiary/aromatic N) is 2. The quantitative estimate of drug-likeness (QED) is 0.363. The van der Waals surface area contributed by atoms with Gasteiger partial charge in [0.15, 0.2) is 0 Å². The van der Waals surface area contributed by atoms with E-state index in [0.29, 0.717) is 11.5 Å². The summed E-state index contributed by atoms with van der Waals surface area (Å²) >= 11 is 1.71. The van der Waals surface area contributed by atoms with Crippen molar-refractivity contribution in [1.82, 2.24) is 4.98 Å². The predicted molar refractivity (Wildman–Crippen MR) is 129 cm³/mol. The first kappa shape index (κ1) is 20.7. The van der Waals surface area contributed by atoms with Crippen LogP contribution in [0.25, 0.3) is 32.0 Å². The van der Waals surface area contributed by atoms with E-state index in [1.807, 2.05) is 55.7 Å². The van der Waals surface area contributed by atoms with Gasteiger partial charge in [0.2, 0.25) is 0 Å². The van der Waals surface area contributed by atoms with Gasteiger partial charge < -0.3 is 5.11 Å². The van der Waals surface area contributed by atoms with Gasteiger partial charge in [-0.3, -0.25) is 9.78 Å². The van der Waals surface area contributed by atoms with Crippen LogP contribution in [0.15, 0.2) is 54.9 Å². The maximum atomic E-state index is 11.9. The molecular formula is C27H24N2O2S. The molecule has 2 atom stereocenters. The molecule has 1 aliphatic rings. The number of nitriles is 1. The SMILES string of the molecule is C[C@H](C(=O)O)C(c1cc2cncc(-c3ccc(C#N)c4ccccc34)c2s1)C1CCCC1. The van der Waals surface area contributed by atoms with E-state index >= 15 is 0 Å². The number of hydrogen-bond donors (Lipinski definition) is 1. The molecule has 0 bridgehead atoms. The van der Waals surface area contributed by atoms with Gasteiger partial charge in [-0.1, -0.05) is 50.1 Å².